The molecule has 10 nitrogen and oxygen atoms in total. The van der Waals surface area contributed by atoms with E-state index in [1.54, 1.807) is 24.0 Å². The summed E-state index contributed by atoms with van der Waals surface area (Å²) in [5.74, 6) is -3.13. The molecule has 0 saturated carbocycles. The van der Waals surface area contributed by atoms with Crippen LogP contribution in [0.4, 0.5) is 0 Å². The highest BCUT2D eigenvalue weighted by Gasteiger charge is 2.74. The van der Waals surface area contributed by atoms with Gasteiger partial charge in [0, 0.05) is 19.0 Å². The van der Waals surface area contributed by atoms with E-state index in [0.717, 1.165) is 0 Å². The van der Waals surface area contributed by atoms with Crippen LogP contribution in [0, 0.1) is 17.8 Å². The van der Waals surface area contributed by atoms with Crippen LogP contribution >= 0.6 is 0 Å². The fourth-order valence-corrected chi connectivity index (χ4v) is 6.27. The normalized spacial score (nSPS) is 35.6. The van der Waals surface area contributed by atoms with Crippen molar-refractivity contribution in [3.63, 3.8) is 0 Å². The third-order valence-corrected chi connectivity index (χ3v) is 7.98. The van der Waals surface area contributed by atoms with Gasteiger partial charge in [-0.1, -0.05) is 38.2 Å². The maximum Gasteiger partial charge on any atom is 0.313 e. The molecule has 0 radical (unpaired) electrons. The van der Waals surface area contributed by atoms with Crippen LogP contribution in [0.2, 0.25) is 0 Å². The van der Waals surface area contributed by atoms with E-state index in [9.17, 15) is 24.3 Å². The van der Waals surface area contributed by atoms with Crippen molar-refractivity contribution >= 4 is 23.7 Å². The Morgan fingerprint density at radius 1 is 1.13 bits per heavy atom. The lowest BCUT2D eigenvalue weighted by Gasteiger charge is -2.40. The number of esters is 1. The van der Waals surface area contributed by atoms with Crippen molar-refractivity contribution in [1.29, 1.82) is 0 Å². The molecule has 3 amide bonds. The number of allylic oxidation sites excluding steroid dienone is 1. The second-order valence-electron chi connectivity index (χ2n) is 11.6. The summed E-state index contributed by atoms with van der Waals surface area (Å²) >= 11 is 0. The Balaban J connectivity index is 1.80. The second-order valence-corrected chi connectivity index (χ2v) is 11.6. The van der Waals surface area contributed by atoms with Crippen molar-refractivity contribution in [2.24, 2.45) is 17.8 Å². The van der Waals surface area contributed by atoms with Gasteiger partial charge in [-0.25, -0.2) is 0 Å². The molecule has 0 unspecified atom stereocenters. The highest BCUT2D eigenvalue weighted by atomic mass is 16.6. The predicted molar refractivity (Wildman–Crippen MR) is 138 cm³/mol. The summed E-state index contributed by atoms with van der Waals surface area (Å²) < 4.78 is 12.1. The Morgan fingerprint density at radius 2 is 1.87 bits per heavy atom. The summed E-state index contributed by atoms with van der Waals surface area (Å²) in [6.07, 6.45) is 7.20. The number of nitrogens with zero attached hydrogens (tertiary/aromatic N) is 2. The summed E-state index contributed by atoms with van der Waals surface area (Å²) in [4.78, 5) is 57.3. The maximum atomic E-state index is 14.3. The van der Waals surface area contributed by atoms with Gasteiger partial charge in [-0.15, -0.1) is 0 Å². The molecule has 4 aliphatic heterocycles. The highest BCUT2D eigenvalue weighted by molar-refractivity contribution is 5.99. The Hall–Kier alpha value is -2.72. The summed E-state index contributed by atoms with van der Waals surface area (Å²) in [5, 5.41) is 13.2. The van der Waals surface area contributed by atoms with Crippen molar-refractivity contribution < 1.29 is 33.8 Å². The molecule has 0 aliphatic carbocycles. The van der Waals surface area contributed by atoms with Crippen molar-refractivity contribution in [3.05, 3.63) is 24.3 Å². The zero-order valence-corrected chi connectivity index (χ0v) is 23.0. The number of nitrogens with one attached hydrogen (secondary N) is 1. The van der Waals surface area contributed by atoms with Crippen LogP contribution in [0.15, 0.2) is 24.3 Å². The fourth-order valence-electron chi connectivity index (χ4n) is 6.27. The molecule has 2 saturated heterocycles. The molecule has 10 heteroatoms. The summed E-state index contributed by atoms with van der Waals surface area (Å²) in [7, 11) is 0. The minimum absolute atomic E-state index is 0.154. The smallest absolute Gasteiger partial charge is 0.313 e. The number of hydrogen-bond donors (Lipinski definition) is 2. The zero-order valence-electron chi connectivity index (χ0n) is 23.0. The van der Waals surface area contributed by atoms with Crippen LogP contribution in [0.3, 0.4) is 0 Å². The van der Waals surface area contributed by atoms with Gasteiger partial charge in [-0.2, -0.15) is 0 Å². The number of rotatable bonds is 5. The van der Waals surface area contributed by atoms with Crippen LogP contribution in [0.5, 0.6) is 0 Å². The minimum Gasteiger partial charge on any atom is -0.460 e. The van der Waals surface area contributed by atoms with Gasteiger partial charge in [0.15, 0.2) is 0 Å². The van der Waals surface area contributed by atoms with Crippen LogP contribution in [0.1, 0.15) is 53.9 Å². The van der Waals surface area contributed by atoms with Crippen LogP contribution in [-0.4, -0.2) is 94.2 Å². The summed E-state index contributed by atoms with van der Waals surface area (Å²) in [6, 6.07) is -1.82. The molecule has 1 spiro atoms. The van der Waals surface area contributed by atoms with E-state index in [4.69, 9.17) is 9.47 Å². The molecular weight excluding hydrogens is 490 g/mol. The molecule has 4 rings (SSSR count). The number of cyclic esters (lactones) is 1. The van der Waals surface area contributed by atoms with Gasteiger partial charge in [0.25, 0.3) is 0 Å². The minimum atomic E-state index is -1.32. The number of amides is 3. The largest absolute Gasteiger partial charge is 0.460 e. The summed E-state index contributed by atoms with van der Waals surface area (Å²) in [5.41, 5.74) is -1.32. The molecule has 7 atom stereocenters. The number of aliphatic hydroxyl groups is 1. The first-order chi connectivity index (χ1) is 18.0. The maximum absolute atomic E-state index is 14.3. The predicted octanol–water partition coefficient (Wildman–Crippen LogP) is 1.18. The summed E-state index contributed by atoms with van der Waals surface area (Å²) in [6.45, 7) is 9.62. The molecule has 0 aromatic heterocycles. The number of carbonyl (C=O) groups is 4. The van der Waals surface area contributed by atoms with Gasteiger partial charge in [-0.3, -0.25) is 19.2 Å². The fraction of sp³-hybridized carbons (Fsp3) is 0.714. The molecule has 210 valence electrons. The van der Waals surface area contributed by atoms with E-state index in [1.165, 1.54) is 4.90 Å². The van der Waals surface area contributed by atoms with Gasteiger partial charge < -0.3 is 29.7 Å². The average Bonchev–Trinajstić information content (AvgIpc) is 3.49. The van der Waals surface area contributed by atoms with Gasteiger partial charge in [0.05, 0.1) is 31.2 Å². The Bertz CT molecular complexity index is 1010. The molecule has 2 fully saturated rings. The number of hydrogen-bond acceptors (Lipinski definition) is 7. The number of fused-ring (bicyclic) bond motifs is 2. The monoisotopic (exact) mass is 531 g/mol. The van der Waals surface area contributed by atoms with Gasteiger partial charge in [0.1, 0.15) is 23.7 Å². The van der Waals surface area contributed by atoms with Gasteiger partial charge in [-0.05, 0) is 39.5 Å². The number of ether oxygens (including phenoxy) is 2. The van der Waals surface area contributed by atoms with Gasteiger partial charge >= 0.3 is 5.97 Å². The SMILES string of the molecule is CC(C)C[C@H](CO)N1C(=O)[C@H]2[C@@H]3C(=O)O[C@H](C)CNC(=O)CC/C=C\CN(C(C)C)C(=O)[C@H]1[C@@]21C=C[C@@H]3O1. The molecule has 4 aliphatic rings. The lowest BCUT2D eigenvalue weighted by Crippen LogP contribution is -2.59. The number of carbonyl (C=O) groups excluding carboxylic acids is 4. The van der Waals surface area contributed by atoms with Crippen LogP contribution in [-0.2, 0) is 28.7 Å². The lowest BCUT2D eigenvalue weighted by atomic mass is 9.74. The number of likely N-dealkylation sites (tertiary alicyclic amines) is 1. The first-order valence-electron chi connectivity index (χ1n) is 13.7. The first kappa shape index (κ1) is 28.3. The van der Waals surface area contributed by atoms with E-state index in [1.807, 2.05) is 39.8 Å². The average molecular weight is 532 g/mol. The Kier molecular flexibility index (Phi) is 8.32. The molecule has 0 aromatic carbocycles. The van der Waals surface area contributed by atoms with E-state index >= 15 is 0 Å². The number of aliphatic hydroxyl groups excluding tert-OH is 1. The van der Waals surface area contributed by atoms with E-state index in [2.05, 4.69) is 5.32 Å². The molecular formula is C28H41N3O7. The zero-order chi connectivity index (χ0) is 27.8. The third-order valence-electron chi connectivity index (χ3n) is 7.98. The molecule has 4 heterocycles. The second kappa shape index (κ2) is 11.2. The quantitative estimate of drug-likeness (QED) is 0.403. The topological polar surface area (TPSA) is 125 Å². The molecule has 0 aromatic rings. The molecule has 2 N–H and O–H groups in total. The molecule has 5 bridgehead atoms. The first-order valence-corrected chi connectivity index (χ1v) is 13.7. The van der Waals surface area contributed by atoms with Crippen molar-refractivity contribution in [2.75, 3.05) is 19.7 Å². The van der Waals surface area contributed by atoms with Crippen molar-refractivity contribution in [3.8, 4) is 0 Å². The Labute approximate surface area is 224 Å². The van der Waals surface area contributed by atoms with E-state index < -0.39 is 47.7 Å². The lowest BCUT2D eigenvalue weighted by molar-refractivity contribution is -0.159. The van der Waals surface area contributed by atoms with Crippen LogP contribution in [0.25, 0.3) is 0 Å². The van der Waals surface area contributed by atoms with Crippen LogP contribution < -0.4 is 5.32 Å². The van der Waals surface area contributed by atoms with E-state index in [-0.39, 0.29) is 49.3 Å². The van der Waals surface area contributed by atoms with E-state index in [0.29, 0.717) is 19.4 Å². The highest BCUT2D eigenvalue weighted by Crippen LogP contribution is 2.56. The van der Waals surface area contributed by atoms with Crippen molar-refractivity contribution in [2.45, 2.75) is 89.8 Å². The Morgan fingerprint density at radius 3 is 2.53 bits per heavy atom. The van der Waals surface area contributed by atoms with Crippen molar-refractivity contribution in [1.82, 2.24) is 15.1 Å². The van der Waals surface area contributed by atoms with Gasteiger partial charge in [0.2, 0.25) is 17.7 Å². The molecule has 38 heavy (non-hydrogen) atoms. The third kappa shape index (κ3) is 5.00. The standard InChI is InChI=1S/C28H41N3O7/c1-16(2)13-19(15-32)31-24-26(35)30(17(3)4)12-8-6-7-9-21(33)29-14-18(5)37-27(36)22-20-10-11-28(24,38-20)23(22)25(31)34/h6,8,10-11,16-20,22-24,32H,7,9,12-15H2,1-5H3,(H,29,33)/b8-6-/t18-,19-,20+,22-,23-,24+,28-/m1/s1.